The van der Waals surface area contributed by atoms with Crippen molar-refractivity contribution in [1.29, 1.82) is 0 Å². The monoisotopic (exact) mass is 525 g/mol. The molecule has 3 amide bonds. The fraction of sp³-hybridized carbons (Fsp3) is 0.304. The van der Waals surface area contributed by atoms with Crippen molar-refractivity contribution in [3.05, 3.63) is 41.0 Å². The van der Waals surface area contributed by atoms with Gasteiger partial charge in [0.05, 0.1) is 53.8 Å². The summed E-state index contributed by atoms with van der Waals surface area (Å²) in [5.74, 6) is -0.737. The number of ether oxygens (including phenoxy) is 1. The largest absolute Gasteiger partial charge is 0.494 e. The van der Waals surface area contributed by atoms with Crippen LogP contribution in [0.2, 0.25) is 0 Å². The van der Waals surface area contributed by atoms with Crippen LogP contribution in [-0.2, 0) is 4.79 Å². The maximum absolute atomic E-state index is 12.8. The highest BCUT2D eigenvalue weighted by Gasteiger charge is 2.30. The summed E-state index contributed by atoms with van der Waals surface area (Å²) in [6.45, 7) is 2.32. The van der Waals surface area contributed by atoms with Crippen molar-refractivity contribution < 1.29 is 19.1 Å². The molecule has 1 fully saturated rings. The van der Waals surface area contributed by atoms with E-state index in [1.165, 1.54) is 30.7 Å². The number of nitrogens with one attached hydrogen (secondary N) is 4. The molecule has 4 rings (SSSR count). The van der Waals surface area contributed by atoms with Crippen LogP contribution in [0.4, 0.5) is 17.2 Å². The van der Waals surface area contributed by atoms with Gasteiger partial charge in [-0.05, 0) is 31.9 Å². The van der Waals surface area contributed by atoms with Gasteiger partial charge < -0.3 is 26.0 Å². The maximum Gasteiger partial charge on any atom is 0.272 e. The van der Waals surface area contributed by atoms with Crippen molar-refractivity contribution in [3.8, 4) is 16.3 Å². The maximum atomic E-state index is 12.8. The first kappa shape index (κ1) is 27.2. The van der Waals surface area contributed by atoms with Gasteiger partial charge in [-0.15, -0.1) is 21.5 Å². The highest BCUT2D eigenvalue weighted by atomic mass is 32.1. The number of hydrogen-bond donors (Lipinski definition) is 4. The fourth-order valence-electron chi connectivity index (χ4n) is 3.47. The van der Waals surface area contributed by atoms with Crippen LogP contribution in [0.5, 0.6) is 5.75 Å². The van der Waals surface area contributed by atoms with Gasteiger partial charge in [-0.3, -0.25) is 14.4 Å². The van der Waals surface area contributed by atoms with E-state index in [-0.39, 0.29) is 34.9 Å². The molecule has 2 heterocycles. The highest BCUT2D eigenvalue weighted by Crippen LogP contribution is 2.40. The molecular formula is C23H22B3N7O4S. The lowest BCUT2D eigenvalue weighted by Gasteiger charge is -2.23. The molecule has 4 N–H and O–H groups in total. The van der Waals surface area contributed by atoms with E-state index in [4.69, 9.17) is 28.3 Å². The van der Waals surface area contributed by atoms with Crippen LogP contribution in [0, 0.1) is 5.92 Å². The summed E-state index contributed by atoms with van der Waals surface area (Å²) >= 11 is 1.20. The Balaban J connectivity index is 1.70. The van der Waals surface area contributed by atoms with E-state index in [9.17, 15) is 14.4 Å². The molecule has 6 radical (unpaired) electrons. The number of methoxy groups -OCH3 is 1. The number of amides is 3. The van der Waals surface area contributed by atoms with Crippen LogP contribution in [0.25, 0.3) is 10.6 Å². The Morgan fingerprint density at radius 1 is 1.13 bits per heavy atom. The minimum atomic E-state index is -2.00. The number of para-hydroxylation sites is 1. The van der Waals surface area contributed by atoms with Crippen LogP contribution >= 0.6 is 11.3 Å². The van der Waals surface area contributed by atoms with E-state index >= 15 is 0 Å². The summed E-state index contributed by atoms with van der Waals surface area (Å²) in [6, 6.07) is 6.71. The van der Waals surface area contributed by atoms with Crippen molar-refractivity contribution in [2.45, 2.75) is 25.0 Å². The topological polar surface area (TPSA) is 147 Å². The van der Waals surface area contributed by atoms with Gasteiger partial charge in [0.1, 0.15) is 9.88 Å². The zero-order valence-electron chi connectivity index (χ0n) is 20.7. The zero-order chi connectivity index (χ0) is 27.4. The average molecular weight is 525 g/mol. The predicted molar refractivity (Wildman–Crippen MR) is 146 cm³/mol. The van der Waals surface area contributed by atoms with Crippen molar-refractivity contribution in [1.82, 2.24) is 25.8 Å². The Kier molecular flexibility index (Phi) is 8.05. The molecule has 0 bridgehead atoms. The third-order valence-corrected chi connectivity index (χ3v) is 6.35. The summed E-state index contributed by atoms with van der Waals surface area (Å²) in [5.41, 5.74) is 1.05. The van der Waals surface area contributed by atoms with Crippen molar-refractivity contribution >= 4 is 69.8 Å². The molecule has 1 aliphatic carbocycles. The van der Waals surface area contributed by atoms with Crippen molar-refractivity contribution in [3.63, 3.8) is 0 Å². The van der Waals surface area contributed by atoms with Gasteiger partial charge in [0, 0.05) is 18.5 Å². The third kappa shape index (κ3) is 6.52. The summed E-state index contributed by atoms with van der Waals surface area (Å²) in [5, 5.41) is 17.2. The van der Waals surface area contributed by atoms with Gasteiger partial charge >= 0.3 is 0 Å². The molecule has 0 atom stereocenters. The lowest BCUT2D eigenvalue weighted by atomic mass is 9.49. The summed E-state index contributed by atoms with van der Waals surface area (Å²) in [7, 11) is 18.1. The van der Waals surface area contributed by atoms with Crippen LogP contribution in [0.1, 0.15) is 39.9 Å². The first-order valence-electron chi connectivity index (χ1n) is 11.7. The van der Waals surface area contributed by atoms with Gasteiger partial charge in [-0.1, -0.05) is 11.3 Å². The molecule has 2 aromatic heterocycles. The molecule has 1 aliphatic rings. The molecule has 3 aromatic rings. The molecule has 188 valence electrons. The third-order valence-electron chi connectivity index (χ3n) is 5.32. The molecule has 0 unspecified atom stereocenters. The van der Waals surface area contributed by atoms with E-state index in [2.05, 4.69) is 36.4 Å². The second-order valence-electron chi connectivity index (χ2n) is 8.54. The van der Waals surface area contributed by atoms with Crippen molar-refractivity contribution in [2.75, 3.05) is 24.3 Å². The first-order valence-corrected chi connectivity index (χ1v) is 12.5. The molecule has 0 spiro atoms. The number of hydrogen-bond acceptors (Lipinski definition) is 9. The Morgan fingerprint density at radius 2 is 1.89 bits per heavy atom. The number of carbonyl (C=O) groups is 3. The Morgan fingerprint density at radius 3 is 2.55 bits per heavy atom. The molecule has 11 nitrogen and oxygen atoms in total. The highest BCUT2D eigenvalue weighted by molar-refractivity contribution is 7.17. The second kappa shape index (κ2) is 11.3. The van der Waals surface area contributed by atoms with Crippen LogP contribution in [0.3, 0.4) is 0 Å². The molecule has 0 saturated heterocycles. The minimum Gasteiger partial charge on any atom is -0.494 e. The predicted octanol–water partition coefficient (Wildman–Crippen LogP) is 1.30. The summed E-state index contributed by atoms with van der Waals surface area (Å²) < 4.78 is 5.67. The number of carbonyl (C=O) groups excluding carboxylic acids is 3. The summed E-state index contributed by atoms with van der Waals surface area (Å²) in [4.78, 5) is 42.1. The van der Waals surface area contributed by atoms with Crippen LogP contribution < -0.4 is 26.0 Å². The second-order valence-corrected chi connectivity index (χ2v) is 9.57. The minimum absolute atomic E-state index is 0.0668. The van der Waals surface area contributed by atoms with Gasteiger partial charge in [0.25, 0.3) is 11.8 Å². The SMILES string of the molecule is [B]C([B])([B])NC(=O)c1nnc(NC(=O)C2CC2)cc1Nc1cccc(-c2ncc(C(=O)NCC)s2)c1OC. The van der Waals surface area contributed by atoms with E-state index < -0.39 is 11.1 Å². The van der Waals surface area contributed by atoms with Crippen LogP contribution in [-0.4, -0.2) is 75.3 Å². The molecule has 1 aromatic carbocycles. The number of nitrogens with zero attached hydrogens (tertiary/aromatic N) is 3. The number of aromatic nitrogens is 3. The van der Waals surface area contributed by atoms with Gasteiger partial charge in [0.2, 0.25) is 5.91 Å². The van der Waals surface area contributed by atoms with E-state index in [1.807, 2.05) is 6.92 Å². The molecule has 38 heavy (non-hydrogen) atoms. The lowest BCUT2D eigenvalue weighted by Crippen LogP contribution is -2.50. The van der Waals surface area contributed by atoms with Gasteiger partial charge in [-0.25, -0.2) is 4.98 Å². The molecule has 15 heteroatoms. The smallest absolute Gasteiger partial charge is 0.272 e. The van der Waals surface area contributed by atoms with Crippen LogP contribution in [0.15, 0.2) is 30.5 Å². The van der Waals surface area contributed by atoms with E-state index in [0.29, 0.717) is 33.4 Å². The lowest BCUT2D eigenvalue weighted by molar-refractivity contribution is -0.117. The number of benzene rings is 1. The average Bonchev–Trinajstić information content (AvgIpc) is 3.59. The number of thiazole rings is 1. The standard InChI is InChI=1S/C23H22B3N7O4S/c1-3-27-20(35)15-10-28-22(38-15)12-5-4-6-13(18(12)37-2)29-14-9-16(30-19(34)11-7-8-11)32-33-17(14)21(36)31-23(24,25)26/h4-6,9-11H,3,7-8H2,1-2H3,(H,27,35)(H,31,36)(H2,29,30,32,34). The zero-order valence-corrected chi connectivity index (χ0v) is 21.5. The fourth-order valence-corrected chi connectivity index (χ4v) is 4.32. The van der Waals surface area contributed by atoms with E-state index in [0.717, 1.165) is 12.8 Å². The summed E-state index contributed by atoms with van der Waals surface area (Å²) in [6.07, 6.45) is 3.10. The Bertz CT molecular complexity index is 1380. The Labute approximate surface area is 227 Å². The number of anilines is 3. The van der Waals surface area contributed by atoms with Gasteiger partial charge in [0.15, 0.2) is 17.3 Å². The Hall–Kier alpha value is -3.87. The normalized spacial score (nSPS) is 12.9. The first-order chi connectivity index (χ1) is 18.1. The van der Waals surface area contributed by atoms with Gasteiger partial charge in [-0.2, -0.15) is 0 Å². The van der Waals surface area contributed by atoms with E-state index in [1.54, 1.807) is 18.2 Å². The molecule has 0 aliphatic heterocycles. The quantitative estimate of drug-likeness (QED) is 0.290. The number of rotatable bonds is 10. The molecular weight excluding hydrogens is 503 g/mol. The van der Waals surface area contributed by atoms with Crippen molar-refractivity contribution in [2.24, 2.45) is 5.92 Å². The molecule has 1 saturated carbocycles.